The molecule has 1 saturated carbocycles. The second-order valence-corrected chi connectivity index (χ2v) is 9.44. The lowest BCUT2D eigenvalue weighted by Crippen LogP contribution is -2.54. The molecule has 2 heterocycles. The van der Waals surface area contributed by atoms with Gasteiger partial charge in [0.1, 0.15) is 5.82 Å². The Morgan fingerprint density at radius 3 is 2.55 bits per heavy atom. The number of aromatic nitrogens is 1. The summed E-state index contributed by atoms with van der Waals surface area (Å²) in [4.78, 5) is 33.9. The molecule has 6 nitrogen and oxygen atoms in total. The highest BCUT2D eigenvalue weighted by molar-refractivity contribution is 6.04. The van der Waals surface area contributed by atoms with E-state index in [-0.39, 0.29) is 29.6 Å². The largest absolute Gasteiger partial charge is 0.337 e. The summed E-state index contributed by atoms with van der Waals surface area (Å²) in [6.45, 7) is 8.33. The standard InChI is InChI=1S/C26H33FN4O2/c1-17-8-9-21(14-28-17)25(32)29-24-11-10-23(27)22(19(24)3)16-30-12-13-31(18(2)15-30)26(33)20-6-4-5-7-20/h8-11,14,18,20H,4-7,12-13,15-16H2,1-3H3,(H,29,32). The van der Waals surface area contributed by atoms with Crippen LogP contribution in [0.2, 0.25) is 0 Å². The van der Waals surface area contributed by atoms with E-state index < -0.39 is 0 Å². The average Bonchev–Trinajstić information content (AvgIpc) is 3.34. The van der Waals surface area contributed by atoms with Gasteiger partial charge in [-0.3, -0.25) is 19.5 Å². The zero-order chi connectivity index (χ0) is 23.5. The first-order chi connectivity index (χ1) is 15.8. The van der Waals surface area contributed by atoms with Crippen molar-refractivity contribution in [3.63, 3.8) is 0 Å². The number of rotatable bonds is 5. The van der Waals surface area contributed by atoms with Gasteiger partial charge in [0.2, 0.25) is 5.91 Å². The highest BCUT2D eigenvalue weighted by Crippen LogP contribution is 2.29. The molecule has 2 fully saturated rings. The second-order valence-electron chi connectivity index (χ2n) is 9.44. The number of carbonyl (C=O) groups excluding carboxylic acids is 2. The van der Waals surface area contributed by atoms with Gasteiger partial charge < -0.3 is 10.2 Å². The minimum Gasteiger partial charge on any atom is -0.337 e. The Kier molecular flexibility index (Phi) is 7.08. The van der Waals surface area contributed by atoms with E-state index >= 15 is 0 Å². The van der Waals surface area contributed by atoms with E-state index in [2.05, 4.69) is 22.1 Å². The van der Waals surface area contributed by atoms with Crippen molar-refractivity contribution in [3.05, 3.63) is 58.7 Å². The molecule has 0 spiro atoms. The monoisotopic (exact) mass is 452 g/mol. The fourth-order valence-electron chi connectivity index (χ4n) is 4.98. The molecule has 2 aromatic rings. The average molecular weight is 453 g/mol. The molecule has 1 N–H and O–H groups in total. The van der Waals surface area contributed by atoms with Gasteiger partial charge in [-0.2, -0.15) is 0 Å². The summed E-state index contributed by atoms with van der Waals surface area (Å²) in [6, 6.07) is 6.64. The number of pyridine rings is 1. The Labute approximate surface area is 195 Å². The normalized spacial score (nSPS) is 19.6. The predicted octanol–water partition coefficient (Wildman–Crippen LogP) is 4.31. The maximum Gasteiger partial charge on any atom is 0.257 e. The number of aryl methyl sites for hydroxylation is 1. The maximum atomic E-state index is 14.8. The summed E-state index contributed by atoms with van der Waals surface area (Å²) >= 11 is 0. The molecule has 2 amide bonds. The van der Waals surface area contributed by atoms with E-state index in [1.54, 1.807) is 18.2 Å². The van der Waals surface area contributed by atoms with Crippen molar-refractivity contribution in [2.24, 2.45) is 5.92 Å². The smallest absolute Gasteiger partial charge is 0.257 e. The van der Waals surface area contributed by atoms with E-state index in [1.165, 1.54) is 12.3 Å². The lowest BCUT2D eigenvalue weighted by molar-refractivity contribution is -0.140. The highest BCUT2D eigenvalue weighted by Gasteiger charge is 2.33. The Hall–Kier alpha value is -2.80. The third-order valence-electron chi connectivity index (χ3n) is 7.04. The molecule has 0 bridgehead atoms. The van der Waals surface area contributed by atoms with E-state index in [9.17, 15) is 14.0 Å². The molecule has 1 unspecified atom stereocenters. The van der Waals surface area contributed by atoms with E-state index in [0.717, 1.165) is 36.9 Å². The molecule has 33 heavy (non-hydrogen) atoms. The van der Waals surface area contributed by atoms with Crippen LogP contribution >= 0.6 is 0 Å². The van der Waals surface area contributed by atoms with E-state index in [4.69, 9.17) is 0 Å². The van der Waals surface area contributed by atoms with Crippen LogP contribution in [0.15, 0.2) is 30.5 Å². The first kappa shape index (κ1) is 23.4. The number of amides is 2. The van der Waals surface area contributed by atoms with Gasteiger partial charge in [-0.05, 0) is 63.4 Å². The van der Waals surface area contributed by atoms with Gasteiger partial charge >= 0.3 is 0 Å². The van der Waals surface area contributed by atoms with E-state index in [0.29, 0.717) is 43.0 Å². The van der Waals surface area contributed by atoms with Crippen LogP contribution < -0.4 is 5.32 Å². The van der Waals surface area contributed by atoms with Gasteiger partial charge in [0.05, 0.1) is 5.56 Å². The molecule has 1 saturated heterocycles. The van der Waals surface area contributed by atoms with Crippen molar-refractivity contribution in [2.45, 2.75) is 59.0 Å². The van der Waals surface area contributed by atoms with Crippen molar-refractivity contribution in [1.82, 2.24) is 14.8 Å². The van der Waals surface area contributed by atoms with Gasteiger partial charge in [0, 0.05) is 61.3 Å². The fourth-order valence-corrected chi connectivity index (χ4v) is 4.98. The first-order valence-electron chi connectivity index (χ1n) is 11.9. The van der Waals surface area contributed by atoms with Crippen LogP contribution in [0.1, 0.15) is 59.8 Å². The van der Waals surface area contributed by atoms with Crippen LogP contribution in [-0.4, -0.2) is 52.3 Å². The zero-order valence-corrected chi connectivity index (χ0v) is 19.7. The number of carbonyl (C=O) groups is 2. The second kappa shape index (κ2) is 10.00. The molecular formula is C26H33FN4O2. The van der Waals surface area contributed by atoms with Gasteiger partial charge in [0.25, 0.3) is 5.91 Å². The molecule has 176 valence electrons. The van der Waals surface area contributed by atoms with Crippen molar-refractivity contribution in [2.75, 3.05) is 25.0 Å². The van der Waals surface area contributed by atoms with Crippen molar-refractivity contribution in [1.29, 1.82) is 0 Å². The van der Waals surface area contributed by atoms with Crippen LogP contribution in [-0.2, 0) is 11.3 Å². The third kappa shape index (κ3) is 5.24. The van der Waals surface area contributed by atoms with Gasteiger partial charge in [-0.1, -0.05) is 12.8 Å². The number of nitrogens with one attached hydrogen (secondary N) is 1. The lowest BCUT2D eigenvalue weighted by Gasteiger charge is -2.41. The summed E-state index contributed by atoms with van der Waals surface area (Å²) < 4.78 is 14.8. The Balaban J connectivity index is 1.42. The van der Waals surface area contributed by atoms with Crippen LogP contribution in [0, 0.1) is 25.6 Å². The summed E-state index contributed by atoms with van der Waals surface area (Å²) in [6.07, 6.45) is 5.85. The minimum atomic E-state index is -0.278. The van der Waals surface area contributed by atoms with Gasteiger partial charge in [-0.15, -0.1) is 0 Å². The van der Waals surface area contributed by atoms with Crippen LogP contribution in [0.25, 0.3) is 0 Å². The van der Waals surface area contributed by atoms with Gasteiger partial charge in [0.15, 0.2) is 0 Å². The Bertz CT molecular complexity index is 1020. The summed E-state index contributed by atoms with van der Waals surface area (Å²) in [7, 11) is 0. The first-order valence-corrected chi connectivity index (χ1v) is 11.9. The SMILES string of the molecule is Cc1ccc(C(=O)Nc2ccc(F)c(CN3CCN(C(=O)C4CCCC4)C(C)C3)c2C)cn1. The van der Waals surface area contributed by atoms with Crippen molar-refractivity contribution in [3.8, 4) is 0 Å². The van der Waals surface area contributed by atoms with Crippen LogP contribution in [0.4, 0.5) is 10.1 Å². The lowest BCUT2D eigenvalue weighted by atomic mass is 10.0. The topological polar surface area (TPSA) is 65.5 Å². The Morgan fingerprint density at radius 2 is 1.88 bits per heavy atom. The minimum absolute atomic E-state index is 0.104. The number of benzene rings is 1. The molecule has 4 rings (SSSR count). The molecular weight excluding hydrogens is 419 g/mol. The number of nitrogens with zero attached hydrogens (tertiary/aromatic N) is 3. The van der Waals surface area contributed by atoms with E-state index in [1.807, 2.05) is 18.7 Å². The Morgan fingerprint density at radius 1 is 1.12 bits per heavy atom. The molecule has 1 atom stereocenters. The molecule has 1 aromatic carbocycles. The molecule has 1 aromatic heterocycles. The number of piperazine rings is 1. The summed E-state index contributed by atoms with van der Waals surface area (Å²) in [5.41, 5.74) is 3.20. The summed E-state index contributed by atoms with van der Waals surface area (Å²) in [5, 5.41) is 2.90. The van der Waals surface area contributed by atoms with Gasteiger partial charge in [-0.25, -0.2) is 4.39 Å². The zero-order valence-electron chi connectivity index (χ0n) is 19.7. The number of halogens is 1. The fraction of sp³-hybridized carbons (Fsp3) is 0.500. The quantitative estimate of drug-likeness (QED) is 0.734. The summed E-state index contributed by atoms with van der Waals surface area (Å²) in [5.74, 6) is -0.0736. The molecule has 2 aliphatic rings. The number of hydrogen-bond acceptors (Lipinski definition) is 4. The predicted molar refractivity (Wildman–Crippen MR) is 126 cm³/mol. The highest BCUT2D eigenvalue weighted by atomic mass is 19.1. The van der Waals surface area contributed by atoms with Crippen molar-refractivity contribution >= 4 is 17.5 Å². The number of hydrogen-bond donors (Lipinski definition) is 1. The maximum absolute atomic E-state index is 14.8. The third-order valence-corrected chi connectivity index (χ3v) is 7.04. The van der Waals surface area contributed by atoms with Crippen LogP contribution in [0.3, 0.4) is 0 Å². The molecule has 1 aliphatic heterocycles. The van der Waals surface area contributed by atoms with Crippen molar-refractivity contribution < 1.29 is 14.0 Å². The number of anilines is 1. The molecule has 0 radical (unpaired) electrons. The molecule has 7 heteroatoms. The molecule has 1 aliphatic carbocycles. The van der Waals surface area contributed by atoms with Crippen LogP contribution in [0.5, 0.6) is 0 Å².